The number of carbonyl (C=O) groups is 9. The molecule has 2 saturated heterocycles. The molecular weight excluding hydrogens is 1110 g/mol. The molecule has 0 bridgehead atoms. The van der Waals surface area contributed by atoms with Crippen molar-refractivity contribution in [3.63, 3.8) is 0 Å². The Labute approximate surface area is 495 Å². The van der Waals surface area contributed by atoms with E-state index in [-0.39, 0.29) is 66.9 Å². The zero-order chi connectivity index (χ0) is 61.3. The predicted molar refractivity (Wildman–Crippen MR) is 315 cm³/mol. The van der Waals surface area contributed by atoms with Crippen LogP contribution in [0.15, 0.2) is 108 Å². The van der Waals surface area contributed by atoms with Gasteiger partial charge in [-0.25, -0.2) is 4.63 Å². The average Bonchev–Trinajstić information content (AvgIpc) is 3.20. The molecule has 4 aromatic carbocycles. The van der Waals surface area contributed by atoms with E-state index in [1.165, 1.54) is 28.9 Å². The fourth-order valence-corrected chi connectivity index (χ4v) is 10.9. The smallest absolute Gasteiger partial charge is 0.300 e. The molecule has 0 radical (unpaired) electrons. The Morgan fingerprint density at radius 2 is 1.37 bits per heavy atom. The van der Waals surface area contributed by atoms with Crippen molar-refractivity contribution in [2.45, 2.75) is 133 Å². The number of nitro groups is 1. The Morgan fingerprint density at radius 1 is 0.709 bits per heavy atom. The Morgan fingerprint density at radius 3 is 2.10 bits per heavy atom. The van der Waals surface area contributed by atoms with Crippen LogP contribution in [0.4, 0.5) is 11.4 Å². The molecule has 0 saturated carbocycles. The van der Waals surface area contributed by atoms with E-state index in [0.29, 0.717) is 69.0 Å². The molecular formula is C60H72N14O12. The highest BCUT2D eigenvalue weighted by Gasteiger charge is 2.44. The van der Waals surface area contributed by atoms with Crippen molar-refractivity contribution < 1.29 is 52.7 Å². The van der Waals surface area contributed by atoms with Gasteiger partial charge in [-0.15, -0.1) is 0 Å². The van der Waals surface area contributed by atoms with Gasteiger partial charge in [-0.05, 0) is 111 Å². The predicted octanol–water partition coefficient (Wildman–Crippen LogP) is 3.21. The number of likely N-dealkylation sites (tertiary alicyclic amines) is 2. The number of fused-ring (bicyclic) bond motifs is 2. The first-order chi connectivity index (χ1) is 41.5. The van der Waals surface area contributed by atoms with E-state index in [2.05, 4.69) is 57.1 Å². The maximum absolute atomic E-state index is 15.0. The first kappa shape index (κ1) is 62.5. The lowest BCUT2D eigenvalue weighted by atomic mass is 10.0. The zero-order valence-electron chi connectivity index (χ0n) is 47.9. The number of rotatable bonds is 29. The monoisotopic (exact) mass is 1180 g/mol. The third kappa shape index (κ3) is 16.0. The number of primary amides is 1. The molecule has 8 rings (SSSR count). The molecule has 2 aliphatic rings. The van der Waals surface area contributed by atoms with Crippen molar-refractivity contribution in [1.82, 2.24) is 57.0 Å². The van der Waals surface area contributed by atoms with Crippen LogP contribution in [0, 0.1) is 10.1 Å². The highest BCUT2D eigenvalue weighted by atomic mass is 16.6. The van der Waals surface area contributed by atoms with Crippen LogP contribution >= 0.6 is 0 Å². The number of benzene rings is 4. The lowest BCUT2D eigenvalue weighted by molar-refractivity contribution is -0.383. The summed E-state index contributed by atoms with van der Waals surface area (Å²) in [5, 5.41) is 39.1. The molecule has 0 spiro atoms. The number of hydrogen-bond acceptors (Lipinski definition) is 15. The topological polar surface area (TPSA) is 368 Å². The Bertz CT molecular complexity index is 3410. The Balaban J connectivity index is 0.942. The minimum Gasteiger partial charge on any atom is -0.368 e. The molecule has 4 heterocycles. The van der Waals surface area contributed by atoms with Gasteiger partial charge in [-0.3, -0.25) is 53.3 Å². The minimum absolute atomic E-state index is 0.0102. The molecule has 2 fully saturated rings. The van der Waals surface area contributed by atoms with Crippen LogP contribution in [0.5, 0.6) is 0 Å². The highest BCUT2D eigenvalue weighted by molar-refractivity contribution is 6.03. The van der Waals surface area contributed by atoms with Crippen molar-refractivity contribution in [3.05, 3.63) is 130 Å². The molecule has 0 aliphatic carbocycles. The van der Waals surface area contributed by atoms with Crippen LogP contribution in [-0.4, -0.2) is 152 Å². The molecule has 26 nitrogen and oxygen atoms in total. The van der Waals surface area contributed by atoms with Crippen molar-refractivity contribution >= 4 is 86.5 Å². The number of anilines is 1. The van der Waals surface area contributed by atoms with Crippen molar-refractivity contribution in [3.8, 4) is 0 Å². The second-order valence-corrected chi connectivity index (χ2v) is 21.6. The normalized spacial score (nSPS) is 16.5. The number of nitro benzene ring substituents is 1. The quantitative estimate of drug-likeness (QED) is 0.0185. The van der Waals surface area contributed by atoms with Gasteiger partial charge < -0.3 is 57.7 Å². The third-order valence-electron chi connectivity index (χ3n) is 15.5. The van der Waals surface area contributed by atoms with Gasteiger partial charge in [0, 0.05) is 54.7 Å². The van der Waals surface area contributed by atoms with Crippen LogP contribution in [0.1, 0.15) is 99.5 Å². The number of non-ortho nitro benzene ring substituents is 1. The number of carbonyl (C=O) groups excluding carboxylic acids is 9. The summed E-state index contributed by atoms with van der Waals surface area (Å²) in [6.07, 6.45) is 6.07. The molecule has 10 N–H and O–H groups in total. The van der Waals surface area contributed by atoms with E-state index in [1.54, 1.807) is 60.8 Å². The van der Waals surface area contributed by atoms with Gasteiger partial charge in [0.15, 0.2) is 5.52 Å². The minimum atomic E-state index is -1.33. The Kier molecular flexibility index (Phi) is 21.6. The second-order valence-electron chi connectivity index (χ2n) is 21.6. The number of nitrogens with two attached hydrogens (primary N) is 1. The molecule has 454 valence electrons. The summed E-state index contributed by atoms with van der Waals surface area (Å²) < 4.78 is 4.67. The number of nitrogens with one attached hydrogen (secondary N) is 8. The van der Waals surface area contributed by atoms with E-state index in [0.717, 1.165) is 17.3 Å². The number of amides is 9. The summed E-state index contributed by atoms with van der Waals surface area (Å²) in [6, 6.07) is 19.5. The van der Waals surface area contributed by atoms with Crippen LogP contribution in [0.2, 0.25) is 0 Å². The largest absolute Gasteiger partial charge is 0.368 e. The van der Waals surface area contributed by atoms with Gasteiger partial charge in [0.2, 0.25) is 52.8 Å². The summed E-state index contributed by atoms with van der Waals surface area (Å²) in [5.74, 6) is -5.31. The highest BCUT2D eigenvalue weighted by Crippen LogP contribution is 2.30. The first-order valence-corrected chi connectivity index (χ1v) is 29.0. The van der Waals surface area contributed by atoms with Crippen molar-refractivity contribution in [2.75, 3.05) is 31.5 Å². The second kappa shape index (κ2) is 29.8. The molecule has 0 unspecified atom stereocenters. The number of H-pyrrole nitrogens is 1. The fraction of sp³-hybridized carbons (Fsp3) is 0.417. The van der Waals surface area contributed by atoms with Crippen LogP contribution in [-0.2, 0) is 51.2 Å². The standard InChI is InChI=1S/C60H72N14O12/c1-3-4-22-43(53(61)76)66-58(81)48-25-15-30-72(48)60(83)49-26-16-31-73(49)59(82)46(32-37-17-7-5-8-18-37)69-57(80)45(33-39-34-63-41-23-12-11-21-40(39)41)68-54(77)36(2)64-56(79)44(67-55(78)38-19-9-6-10-20-38)24-13-14-29-62-35-50(75)65-42-27-28-47(74(84)85)52-51(42)70-86-71-52/h5-12,17-21,23,27-28,34,36,43-46,48-49,62-63H,3-4,13-16,22,24-26,29-33,35H2,1-2H3,(H2,61,76)(H,64,79)(H,65,75)(H,66,81)(H,67,78)(H,68,77)(H,69,80)/t36-,43-,44-,45+,46-,48-,49+/m0/s1. The van der Waals surface area contributed by atoms with Crippen LogP contribution < -0.4 is 43.0 Å². The van der Waals surface area contributed by atoms with Crippen molar-refractivity contribution in [2.24, 2.45) is 5.73 Å². The van der Waals surface area contributed by atoms with Gasteiger partial charge >= 0.3 is 5.69 Å². The Hall–Kier alpha value is -9.59. The van der Waals surface area contributed by atoms with Gasteiger partial charge in [0.1, 0.15) is 42.3 Å². The van der Waals surface area contributed by atoms with E-state index in [9.17, 15) is 48.5 Å². The SMILES string of the molecule is CCCC[C@H](NC(=O)[C@@H]1CCCN1C(=O)[C@H]1CCCN1C(=O)[C@H](Cc1ccccc1)NC(=O)[C@@H](Cc1c[nH]c2ccccc12)NC(=O)[C@H](C)NC(=O)[C@H](CCCCNCC(=O)Nc1ccc([N+](=O)[O-])c2nonc12)NC(=O)c1ccccc1)C(N)=O. The van der Waals surface area contributed by atoms with Crippen LogP contribution in [0.3, 0.4) is 0 Å². The molecule has 2 aliphatic heterocycles. The number of unbranched alkanes of at least 4 members (excludes halogenated alkanes) is 2. The summed E-state index contributed by atoms with van der Waals surface area (Å²) in [6.45, 7) is 4.00. The number of nitrogens with zero attached hydrogens (tertiary/aromatic N) is 5. The number of para-hydroxylation sites is 1. The summed E-state index contributed by atoms with van der Waals surface area (Å²) >= 11 is 0. The molecule has 7 atom stereocenters. The summed E-state index contributed by atoms with van der Waals surface area (Å²) in [7, 11) is 0. The number of hydrogen-bond donors (Lipinski definition) is 9. The van der Waals surface area contributed by atoms with Crippen molar-refractivity contribution in [1.29, 1.82) is 0 Å². The maximum Gasteiger partial charge on any atom is 0.300 e. The lowest BCUT2D eigenvalue weighted by Gasteiger charge is -2.33. The average molecular weight is 1180 g/mol. The van der Waals surface area contributed by atoms with Gasteiger partial charge in [0.05, 0.1) is 17.2 Å². The summed E-state index contributed by atoms with van der Waals surface area (Å²) in [5.41, 5.74) is 7.78. The molecule has 86 heavy (non-hydrogen) atoms. The summed E-state index contributed by atoms with van der Waals surface area (Å²) in [4.78, 5) is 142. The van der Waals surface area contributed by atoms with E-state index < -0.39 is 100 Å². The van der Waals surface area contributed by atoms with E-state index in [1.807, 2.05) is 37.3 Å². The van der Waals surface area contributed by atoms with E-state index in [4.69, 9.17) is 5.73 Å². The van der Waals surface area contributed by atoms with E-state index >= 15 is 4.79 Å². The fourth-order valence-electron chi connectivity index (χ4n) is 10.9. The number of aromatic nitrogens is 3. The van der Waals surface area contributed by atoms with Gasteiger partial charge in [0.25, 0.3) is 5.91 Å². The zero-order valence-corrected chi connectivity index (χ0v) is 47.9. The lowest BCUT2D eigenvalue weighted by Crippen LogP contribution is -2.60. The molecule has 9 amide bonds. The van der Waals surface area contributed by atoms with Gasteiger partial charge in [-0.2, -0.15) is 0 Å². The third-order valence-corrected chi connectivity index (χ3v) is 15.5. The molecule has 2 aromatic heterocycles. The maximum atomic E-state index is 15.0. The molecule has 26 heteroatoms. The van der Waals surface area contributed by atoms with Crippen LogP contribution in [0.25, 0.3) is 21.9 Å². The van der Waals surface area contributed by atoms with Gasteiger partial charge in [-0.1, -0.05) is 86.5 Å². The molecule has 6 aromatic rings. The number of aromatic amines is 1. The first-order valence-electron chi connectivity index (χ1n) is 29.0.